The lowest BCUT2D eigenvalue weighted by molar-refractivity contribution is -0.138. The van der Waals surface area contributed by atoms with Crippen LogP contribution in [0.2, 0.25) is 5.02 Å². The molecule has 0 unspecified atom stereocenters. The fraction of sp³-hybridized carbons (Fsp3) is 0.400. The third-order valence-corrected chi connectivity index (χ3v) is 2.53. The molecule has 0 amide bonds. The molecule has 0 aliphatic heterocycles. The molecule has 110 valence electrons. The summed E-state index contributed by atoms with van der Waals surface area (Å²) in [4.78, 5) is 0. The number of benzene rings is 1. The molecule has 1 aromatic carbocycles. The first kappa shape index (κ1) is 18.3. The molecule has 0 saturated heterocycles. The summed E-state index contributed by atoms with van der Waals surface area (Å²) in [7, 11) is 0. The molecule has 9 heteroatoms. The van der Waals surface area contributed by atoms with Gasteiger partial charge in [0, 0.05) is 18.0 Å². The lowest BCUT2D eigenvalue weighted by Crippen LogP contribution is -2.21. The molecular formula is C10H9Cl2F6N. The fourth-order valence-electron chi connectivity index (χ4n) is 1.49. The maximum absolute atomic E-state index is 13.5. The van der Waals surface area contributed by atoms with Crippen LogP contribution in [0.15, 0.2) is 12.1 Å². The predicted molar refractivity (Wildman–Crippen MR) is 61.2 cm³/mol. The Morgan fingerprint density at radius 2 is 1.74 bits per heavy atom. The van der Waals surface area contributed by atoms with Crippen molar-refractivity contribution in [2.24, 2.45) is 5.73 Å². The van der Waals surface area contributed by atoms with E-state index in [2.05, 4.69) is 0 Å². The molecule has 0 bridgehead atoms. The van der Waals surface area contributed by atoms with Crippen molar-refractivity contribution in [2.75, 3.05) is 0 Å². The van der Waals surface area contributed by atoms with Gasteiger partial charge in [0.05, 0.1) is 10.6 Å². The molecule has 1 atom stereocenters. The standard InChI is InChI=1S/C10H8ClF6N.ClH/c11-5-2-1-4(10(15,16)17)8(9(5)14)6(18)3-7(12)13;/h1-2,6-7H,3,18H2;1H/t6-;/m1./s1. The van der Waals surface area contributed by atoms with Crippen LogP contribution in [-0.2, 0) is 6.18 Å². The highest BCUT2D eigenvalue weighted by molar-refractivity contribution is 6.30. The number of alkyl halides is 5. The molecule has 0 spiro atoms. The molecule has 0 aliphatic carbocycles. The lowest BCUT2D eigenvalue weighted by Gasteiger charge is -2.19. The Labute approximate surface area is 116 Å². The summed E-state index contributed by atoms with van der Waals surface area (Å²) < 4.78 is 75.6. The molecule has 2 N–H and O–H groups in total. The first-order valence-corrected chi connectivity index (χ1v) is 5.11. The van der Waals surface area contributed by atoms with Gasteiger partial charge in [-0.05, 0) is 12.1 Å². The van der Waals surface area contributed by atoms with Crippen molar-refractivity contribution < 1.29 is 26.3 Å². The summed E-state index contributed by atoms with van der Waals surface area (Å²) in [5.74, 6) is -1.42. The van der Waals surface area contributed by atoms with Crippen LogP contribution in [0.25, 0.3) is 0 Å². The van der Waals surface area contributed by atoms with Crippen LogP contribution in [0.5, 0.6) is 0 Å². The van der Waals surface area contributed by atoms with Crippen LogP contribution in [-0.4, -0.2) is 6.43 Å². The minimum Gasteiger partial charge on any atom is -0.324 e. The summed E-state index contributed by atoms with van der Waals surface area (Å²) in [5, 5.41) is -0.595. The van der Waals surface area contributed by atoms with Crippen LogP contribution in [0, 0.1) is 5.82 Å². The maximum atomic E-state index is 13.5. The first-order chi connectivity index (χ1) is 8.14. The summed E-state index contributed by atoms with van der Waals surface area (Å²) in [6.07, 6.45) is -8.92. The zero-order valence-electron chi connectivity index (χ0n) is 9.15. The Morgan fingerprint density at radius 3 is 2.16 bits per heavy atom. The normalized spacial score (nSPS) is 13.3. The van der Waals surface area contributed by atoms with Crippen molar-refractivity contribution in [3.8, 4) is 0 Å². The highest BCUT2D eigenvalue weighted by Gasteiger charge is 2.37. The van der Waals surface area contributed by atoms with Gasteiger partial charge < -0.3 is 5.73 Å². The Hall–Kier alpha value is -0.660. The predicted octanol–water partition coefficient (Wildman–Crippen LogP) is 4.57. The molecule has 0 aliphatic rings. The van der Waals surface area contributed by atoms with Gasteiger partial charge in [-0.25, -0.2) is 13.2 Å². The minimum absolute atomic E-state index is 0. The second-order valence-corrected chi connectivity index (χ2v) is 3.96. The maximum Gasteiger partial charge on any atom is 0.416 e. The monoisotopic (exact) mass is 327 g/mol. The largest absolute Gasteiger partial charge is 0.416 e. The van der Waals surface area contributed by atoms with E-state index in [9.17, 15) is 26.3 Å². The van der Waals surface area contributed by atoms with Crippen molar-refractivity contribution in [1.29, 1.82) is 0 Å². The van der Waals surface area contributed by atoms with Gasteiger partial charge in [0.2, 0.25) is 6.43 Å². The highest BCUT2D eigenvalue weighted by Crippen LogP contribution is 2.38. The van der Waals surface area contributed by atoms with Crippen LogP contribution in [0.1, 0.15) is 23.6 Å². The Morgan fingerprint density at radius 1 is 1.21 bits per heavy atom. The van der Waals surface area contributed by atoms with Gasteiger partial charge in [0.15, 0.2) is 0 Å². The first-order valence-electron chi connectivity index (χ1n) is 4.73. The quantitative estimate of drug-likeness (QED) is 0.808. The van der Waals surface area contributed by atoms with Crippen molar-refractivity contribution in [3.63, 3.8) is 0 Å². The van der Waals surface area contributed by atoms with Gasteiger partial charge in [-0.2, -0.15) is 13.2 Å². The molecular weight excluding hydrogens is 319 g/mol. The number of rotatable bonds is 3. The van der Waals surface area contributed by atoms with E-state index in [1.54, 1.807) is 0 Å². The van der Waals surface area contributed by atoms with Crippen LogP contribution in [0.4, 0.5) is 26.3 Å². The molecule has 0 fully saturated rings. The van der Waals surface area contributed by atoms with E-state index in [1.165, 1.54) is 0 Å². The van der Waals surface area contributed by atoms with E-state index >= 15 is 0 Å². The Balaban J connectivity index is 0.00000324. The smallest absolute Gasteiger partial charge is 0.324 e. The molecule has 1 rings (SSSR count). The zero-order valence-corrected chi connectivity index (χ0v) is 10.7. The van der Waals surface area contributed by atoms with Crippen molar-refractivity contribution in [1.82, 2.24) is 0 Å². The van der Waals surface area contributed by atoms with Gasteiger partial charge in [-0.15, -0.1) is 12.4 Å². The van der Waals surface area contributed by atoms with Gasteiger partial charge in [-0.1, -0.05) is 11.6 Å². The van der Waals surface area contributed by atoms with E-state index < -0.39 is 47.0 Å². The van der Waals surface area contributed by atoms with E-state index in [0.717, 1.165) is 0 Å². The average Bonchev–Trinajstić information content (AvgIpc) is 2.18. The molecule has 0 saturated carbocycles. The van der Waals surface area contributed by atoms with Crippen molar-refractivity contribution >= 4 is 24.0 Å². The van der Waals surface area contributed by atoms with Gasteiger partial charge in [0.1, 0.15) is 5.82 Å². The van der Waals surface area contributed by atoms with Gasteiger partial charge >= 0.3 is 6.18 Å². The number of hydrogen-bond acceptors (Lipinski definition) is 1. The molecule has 0 aromatic heterocycles. The van der Waals surface area contributed by atoms with E-state index in [0.29, 0.717) is 12.1 Å². The Bertz CT molecular complexity index is 435. The average molecular weight is 328 g/mol. The third kappa shape index (κ3) is 4.43. The lowest BCUT2D eigenvalue weighted by atomic mass is 9.97. The molecule has 1 aromatic rings. The Kier molecular flexibility index (Phi) is 6.44. The topological polar surface area (TPSA) is 26.0 Å². The zero-order chi connectivity index (χ0) is 14.1. The minimum atomic E-state index is -4.89. The van der Waals surface area contributed by atoms with Crippen LogP contribution >= 0.6 is 24.0 Å². The van der Waals surface area contributed by atoms with Gasteiger partial charge in [-0.3, -0.25) is 0 Å². The van der Waals surface area contributed by atoms with Crippen LogP contribution in [0.3, 0.4) is 0 Å². The van der Waals surface area contributed by atoms with E-state index in [4.69, 9.17) is 17.3 Å². The summed E-state index contributed by atoms with van der Waals surface area (Å²) in [6.45, 7) is 0. The number of nitrogens with two attached hydrogens (primary N) is 1. The second kappa shape index (κ2) is 6.67. The number of hydrogen-bond donors (Lipinski definition) is 1. The number of halogens is 8. The van der Waals surface area contributed by atoms with E-state index in [-0.39, 0.29) is 12.4 Å². The van der Waals surface area contributed by atoms with Crippen molar-refractivity contribution in [2.45, 2.75) is 25.1 Å². The summed E-state index contributed by atoms with van der Waals surface area (Å²) in [5.41, 5.74) is 2.76. The highest BCUT2D eigenvalue weighted by atomic mass is 35.5. The van der Waals surface area contributed by atoms with Gasteiger partial charge in [0.25, 0.3) is 0 Å². The third-order valence-electron chi connectivity index (χ3n) is 2.24. The van der Waals surface area contributed by atoms with Crippen LogP contribution < -0.4 is 5.73 Å². The van der Waals surface area contributed by atoms with E-state index in [1.807, 2.05) is 0 Å². The molecule has 0 radical (unpaired) electrons. The molecule has 19 heavy (non-hydrogen) atoms. The SMILES string of the molecule is Cl.N[C@H](CC(F)F)c1c(C(F)(F)F)ccc(Cl)c1F. The summed E-state index contributed by atoms with van der Waals surface area (Å²) >= 11 is 5.33. The molecule has 1 nitrogen and oxygen atoms in total. The second-order valence-electron chi connectivity index (χ2n) is 3.55. The molecule has 0 heterocycles. The van der Waals surface area contributed by atoms with Crippen molar-refractivity contribution in [3.05, 3.63) is 34.1 Å². The fourth-order valence-corrected chi connectivity index (χ4v) is 1.65. The summed E-state index contributed by atoms with van der Waals surface area (Å²) in [6, 6.07) is -0.551.